The summed E-state index contributed by atoms with van der Waals surface area (Å²) in [6.07, 6.45) is 2.56. The summed E-state index contributed by atoms with van der Waals surface area (Å²) in [5, 5.41) is 9.41. The summed E-state index contributed by atoms with van der Waals surface area (Å²) < 4.78 is 0. The number of hydrogen-bond donors (Lipinski definition) is 1. The average molecular weight is 295 g/mol. The average Bonchev–Trinajstić information content (AvgIpc) is 3.03. The van der Waals surface area contributed by atoms with Crippen LogP contribution in [0.1, 0.15) is 32.6 Å². The Kier molecular flexibility index (Phi) is 3.30. The third-order valence-corrected chi connectivity index (χ3v) is 5.10. The summed E-state index contributed by atoms with van der Waals surface area (Å²) in [5.41, 5.74) is -1.10. The van der Waals surface area contributed by atoms with E-state index in [0.29, 0.717) is 39.0 Å². The number of carboxylic acid groups (broad SMARTS) is 1. The van der Waals surface area contributed by atoms with E-state index in [-0.39, 0.29) is 18.0 Å². The molecule has 2 unspecified atom stereocenters. The van der Waals surface area contributed by atoms with Crippen molar-refractivity contribution in [2.75, 3.05) is 26.2 Å². The summed E-state index contributed by atoms with van der Waals surface area (Å²) >= 11 is 0. The van der Waals surface area contributed by atoms with E-state index in [4.69, 9.17) is 0 Å². The lowest BCUT2D eigenvalue weighted by molar-refractivity contribution is -0.147. The second-order valence-corrected chi connectivity index (χ2v) is 6.34. The molecule has 3 rings (SSSR count). The molecule has 3 heterocycles. The Hall–Kier alpha value is -1.79. The van der Waals surface area contributed by atoms with Crippen LogP contribution in [0.4, 0.5) is 4.79 Å². The predicted molar refractivity (Wildman–Crippen MR) is 73.7 cm³/mol. The lowest BCUT2D eigenvalue weighted by Crippen LogP contribution is -2.60. The molecule has 0 saturated carbocycles. The summed E-state index contributed by atoms with van der Waals surface area (Å²) in [5.74, 6) is -0.772. The van der Waals surface area contributed by atoms with Crippen LogP contribution in [-0.2, 0) is 9.59 Å². The van der Waals surface area contributed by atoms with Crippen LogP contribution in [0.15, 0.2) is 0 Å². The van der Waals surface area contributed by atoms with Gasteiger partial charge in [0.05, 0.1) is 0 Å². The summed E-state index contributed by atoms with van der Waals surface area (Å²) in [7, 11) is 0. The van der Waals surface area contributed by atoms with Crippen LogP contribution in [0.5, 0.6) is 0 Å². The van der Waals surface area contributed by atoms with Gasteiger partial charge in [0.2, 0.25) is 5.91 Å². The van der Waals surface area contributed by atoms with Gasteiger partial charge < -0.3 is 19.8 Å². The van der Waals surface area contributed by atoms with E-state index in [2.05, 4.69) is 0 Å². The zero-order chi connectivity index (χ0) is 15.2. The number of carboxylic acids is 1. The second-order valence-electron chi connectivity index (χ2n) is 6.34. The van der Waals surface area contributed by atoms with Crippen molar-refractivity contribution in [3.05, 3.63) is 0 Å². The number of fused-ring (bicyclic) bond motifs is 1. The first kappa shape index (κ1) is 14.2. The number of urea groups is 1. The molecular formula is C14H21N3O4. The lowest BCUT2D eigenvalue weighted by atomic mass is 9.99. The summed E-state index contributed by atoms with van der Waals surface area (Å²) in [6, 6.07) is -0.0923. The zero-order valence-electron chi connectivity index (χ0n) is 12.2. The van der Waals surface area contributed by atoms with Crippen molar-refractivity contribution < 1.29 is 19.5 Å². The van der Waals surface area contributed by atoms with E-state index in [1.807, 2.05) is 4.90 Å². The van der Waals surface area contributed by atoms with Gasteiger partial charge in [-0.25, -0.2) is 9.59 Å². The third-order valence-electron chi connectivity index (χ3n) is 5.10. The minimum absolute atomic E-state index is 0.105. The smallest absolute Gasteiger partial charge is 0.329 e. The predicted octanol–water partition coefficient (Wildman–Crippen LogP) is 0.352. The molecule has 116 valence electrons. The van der Waals surface area contributed by atoms with Gasteiger partial charge in [0.15, 0.2) is 0 Å². The number of carbonyl (C=O) groups excluding carboxylic acids is 2. The molecule has 0 aromatic heterocycles. The van der Waals surface area contributed by atoms with Gasteiger partial charge in [-0.15, -0.1) is 0 Å². The molecule has 7 heteroatoms. The largest absolute Gasteiger partial charge is 0.480 e. The number of aliphatic carboxylic acids is 1. The number of hydrogen-bond acceptors (Lipinski definition) is 3. The molecular weight excluding hydrogens is 274 g/mol. The number of amides is 3. The molecule has 0 aromatic rings. The number of likely N-dealkylation sites (tertiary alicyclic amines) is 1. The lowest BCUT2D eigenvalue weighted by Gasteiger charge is -2.41. The normalized spacial score (nSPS) is 32.5. The summed E-state index contributed by atoms with van der Waals surface area (Å²) in [6.45, 7) is 3.69. The van der Waals surface area contributed by atoms with E-state index in [1.165, 1.54) is 4.90 Å². The second kappa shape index (κ2) is 4.89. The van der Waals surface area contributed by atoms with Crippen LogP contribution in [0.3, 0.4) is 0 Å². The Morgan fingerprint density at radius 2 is 2.05 bits per heavy atom. The van der Waals surface area contributed by atoms with Crippen LogP contribution in [-0.4, -0.2) is 75.5 Å². The number of nitrogens with zero attached hydrogens (tertiary/aromatic N) is 3. The first-order valence-corrected chi connectivity index (χ1v) is 7.53. The van der Waals surface area contributed by atoms with Crippen molar-refractivity contribution in [3.8, 4) is 0 Å². The fourth-order valence-corrected chi connectivity index (χ4v) is 3.70. The minimum atomic E-state index is -1.10. The Balaban J connectivity index is 1.71. The van der Waals surface area contributed by atoms with E-state index in [1.54, 1.807) is 11.8 Å². The fourth-order valence-electron chi connectivity index (χ4n) is 3.70. The van der Waals surface area contributed by atoms with Crippen LogP contribution in [0.25, 0.3) is 0 Å². The molecule has 1 N–H and O–H groups in total. The van der Waals surface area contributed by atoms with Gasteiger partial charge in [0, 0.05) is 38.6 Å². The van der Waals surface area contributed by atoms with Gasteiger partial charge in [0.1, 0.15) is 5.54 Å². The van der Waals surface area contributed by atoms with Gasteiger partial charge in [0.25, 0.3) is 0 Å². The number of carbonyl (C=O) groups is 3. The van der Waals surface area contributed by atoms with Crippen molar-refractivity contribution in [2.45, 2.75) is 44.2 Å². The van der Waals surface area contributed by atoms with Gasteiger partial charge in [-0.2, -0.15) is 0 Å². The molecule has 7 nitrogen and oxygen atoms in total. The minimum Gasteiger partial charge on any atom is -0.480 e. The highest BCUT2D eigenvalue weighted by atomic mass is 16.4. The molecule has 3 aliphatic rings. The maximum absolute atomic E-state index is 12.7. The standard InChI is InChI=1S/C14H21N3O4/c1-14(12(19)20)5-2-6-17(14)13(21)15-7-8-16-10(9-15)3-4-11(16)18/h10H,2-9H2,1H3,(H,19,20). The van der Waals surface area contributed by atoms with Crippen LogP contribution >= 0.6 is 0 Å². The molecule has 3 saturated heterocycles. The van der Waals surface area contributed by atoms with E-state index < -0.39 is 11.5 Å². The van der Waals surface area contributed by atoms with E-state index in [9.17, 15) is 19.5 Å². The Morgan fingerprint density at radius 3 is 2.76 bits per heavy atom. The zero-order valence-corrected chi connectivity index (χ0v) is 12.2. The molecule has 0 spiro atoms. The first-order chi connectivity index (χ1) is 9.93. The van der Waals surface area contributed by atoms with Crippen LogP contribution < -0.4 is 0 Å². The SMILES string of the molecule is CC1(C(=O)O)CCCN1C(=O)N1CCN2C(=O)CCC2C1. The van der Waals surface area contributed by atoms with Crippen molar-refractivity contribution in [1.82, 2.24) is 14.7 Å². The molecule has 0 aromatic carbocycles. The van der Waals surface area contributed by atoms with E-state index >= 15 is 0 Å². The van der Waals surface area contributed by atoms with Crippen molar-refractivity contribution in [1.29, 1.82) is 0 Å². The number of piperazine rings is 1. The maximum atomic E-state index is 12.7. The first-order valence-electron chi connectivity index (χ1n) is 7.53. The molecule has 0 aliphatic carbocycles. The summed E-state index contributed by atoms with van der Waals surface area (Å²) in [4.78, 5) is 40.9. The van der Waals surface area contributed by atoms with Crippen molar-refractivity contribution >= 4 is 17.9 Å². The Morgan fingerprint density at radius 1 is 1.29 bits per heavy atom. The maximum Gasteiger partial charge on any atom is 0.329 e. The highest BCUT2D eigenvalue weighted by molar-refractivity contribution is 5.87. The van der Waals surface area contributed by atoms with Crippen molar-refractivity contribution in [2.24, 2.45) is 0 Å². The molecule has 21 heavy (non-hydrogen) atoms. The van der Waals surface area contributed by atoms with Gasteiger partial charge in [-0.3, -0.25) is 4.79 Å². The fraction of sp³-hybridized carbons (Fsp3) is 0.786. The third kappa shape index (κ3) is 2.15. The topological polar surface area (TPSA) is 81.2 Å². The monoisotopic (exact) mass is 295 g/mol. The van der Waals surface area contributed by atoms with Crippen LogP contribution in [0, 0.1) is 0 Å². The Labute approximate surface area is 123 Å². The van der Waals surface area contributed by atoms with Gasteiger partial charge in [-0.1, -0.05) is 0 Å². The Bertz CT molecular complexity index is 495. The number of rotatable bonds is 1. The van der Waals surface area contributed by atoms with E-state index in [0.717, 1.165) is 12.8 Å². The highest BCUT2D eigenvalue weighted by Gasteiger charge is 2.48. The van der Waals surface area contributed by atoms with Gasteiger partial charge >= 0.3 is 12.0 Å². The van der Waals surface area contributed by atoms with Gasteiger partial charge in [-0.05, 0) is 26.2 Å². The van der Waals surface area contributed by atoms with Crippen LogP contribution in [0.2, 0.25) is 0 Å². The molecule has 3 amide bonds. The molecule has 2 atom stereocenters. The molecule has 3 aliphatic heterocycles. The quantitative estimate of drug-likeness (QED) is 0.757. The molecule has 0 bridgehead atoms. The molecule has 0 radical (unpaired) electrons. The van der Waals surface area contributed by atoms with Crippen molar-refractivity contribution in [3.63, 3.8) is 0 Å². The molecule has 3 fully saturated rings. The highest BCUT2D eigenvalue weighted by Crippen LogP contribution is 2.31.